The maximum absolute atomic E-state index is 14.1. The van der Waals surface area contributed by atoms with Crippen molar-refractivity contribution >= 4 is 46.2 Å². The summed E-state index contributed by atoms with van der Waals surface area (Å²) in [5, 5.41) is 17.3. The van der Waals surface area contributed by atoms with Gasteiger partial charge in [0.25, 0.3) is 11.5 Å². The molecule has 9 rings (SSSR count). The fourth-order valence-corrected chi connectivity index (χ4v) is 11.5. The quantitative estimate of drug-likeness (QED) is 0.178. The number of piperazine rings is 1. The highest BCUT2D eigenvalue weighted by atomic mass is 16.3. The maximum Gasteiger partial charge on any atom is 0.293 e. The fourth-order valence-electron chi connectivity index (χ4n) is 11.5. The van der Waals surface area contributed by atoms with Crippen molar-refractivity contribution in [2.24, 2.45) is 12.5 Å². The van der Waals surface area contributed by atoms with Gasteiger partial charge in [-0.1, -0.05) is 20.4 Å². The van der Waals surface area contributed by atoms with E-state index in [-0.39, 0.29) is 47.3 Å². The predicted octanol–water partition coefficient (Wildman–Crippen LogP) is 5.33. The van der Waals surface area contributed by atoms with E-state index in [1.165, 1.54) is 27.6 Å². The molecule has 15 heteroatoms. The van der Waals surface area contributed by atoms with Crippen LogP contribution in [0.15, 0.2) is 66.2 Å². The SMILES string of the molecule is C=CC(=O)Nc1cc(Nc2nc(N3CCCC(N4CCn5c(cc6c5CC(C)(C)C6)C4=O)C3CO)cn(C)c2=O)ccc1N1CCN(C2CCN(c3ccnc(C)c3)[C@@H](C)C2)C[C@@H]1C. The molecule has 5 aliphatic rings. The lowest BCUT2D eigenvalue weighted by molar-refractivity contribution is -0.111. The van der Waals surface area contributed by atoms with E-state index in [0.717, 1.165) is 88.3 Å². The lowest BCUT2D eigenvalue weighted by atomic mass is 9.90. The minimum Gasteiger partial charge on any atom is -0.394 e. The molecular weight excluding hydrogens is 807 g/mol. The van der Waals surface area contributed by atoms with Gasteiger partial charge < -0.3 is 44.5 Å². The second-order valence-corrected chi connectivity index (χ2v) is 19.6. The van der Waals surface area contributed by atoms with Crippen molar-refractivity contribution in [3.8, 4) is 0 Å². The van der Waals surface area contributed by atoms with Gasteiger partial charge in [-0.3, -0.25) is 24.3 Å². The third kappa shape index (κ3) is 8.28. The Hall–Kier alpha value is -5.67. The monoisotopic (exact) mass is 872 g/mol. The molecule has 0 saturated carbocycles. The number of carbonyl (C=O) groups excluding carboxylic acids is 2. The summed E-state index contributed by atoms with van der Waals surface area (Å²) in [4.78, 5) is 61.5. The van der Waals surface area contributed by atoms with Gasteiger partial charge in [0.05, 0.1) is 30.1 Å². The second-order valence-electron chi connectivity index (χ2n) is 19.6. The Kier molecular flexibility index (Phi) is 11.8. The van der Waals surface area contributed by atoms with Crippen LogP contribution in [0.1, 0.15) is 80.8 Å². The first-order valence-corrected chi connectivity index (χ1v) is 23.2. The highest BCUT2D eigenvalue weighted by Gasteiger charge is 2.43. The summed E-state index contributed by atoms with van der Waals surface area (Å²) in [6.45, 7) is 20.3. The molecule has 3 N–H and O–H groups in total. The number of aromatic nitrogens is 4. The first kappa shape index (κ1) is 43.6. The molecule has 0 bridgehead atoms. The molecule has 4 aliphatic heterocycles. The van der Waals surface area contributed by atoms with Crippen molar-refractivity contribution in [2.75, 3.05) is 71.2 Å². The molecular formula is C49H65N11O4. The summed E-state index contributed by atoms with van der Waals surface area (Å²) in [7, 11) is 1.70. The van der Waals surface area contributed by atoms with Crippen LogP contribution in [0, 0.1) is 12.3 Å². The Morgan fingerprint density at radius 3 is 2.52 bits per heavy atom. The van der Waals surface area contributed by atoms with Crippen molar-refractivity contribution in [1.82, 2.24) is 28.9 Å². The van der Waals surface area contributed by atoms with Gasteiger partial charge >= 0.3 is 0 Å². The number of benzene rings is 1. The number of rotatable bonds is 10. The largest absolute Gasteiger partial charge is 0.394 e. The number of hydrogen-bond donors (Lipinski definition) is 3. The number of amides is 2. The third-order valence-electron chi connectivity index (χ3n) is 14.6. The summed E-state index contributed by atoms with van der Waals surface area (Å²) in [6, 6.07) is 12.6. The van der Waals surface area contributed by atoms with Crippen molar-refractivity contribution in [3.63, 3.8) is 0 Å². The zero-order chi connectivity index (χ0) is 45.0. The Labute approximate surface area is 376 Å². The molecule has 7 heterocycles. The molecule has 5 atom stereocenters. The molecule has 1 aromatic carbocycles. The summed E-state index contributed by atoms with van der Waals surface area (Å²) in [5.41, 5.74) is 7.59. The van der Waals surface area contributed by atoms with Crippen molar-refractivity contribution in [3.05, 3.63) is 94.4 Å². The van der Waals surface area contributed by atoms with Crippen LogP contribution in [0.3, 0.4) is 0 Å². The summed E-state index contributed by atoms with van der Waals surface area (Å²) < 4.78 is 3.73. The Morgan fingerprint density at radius 2 is 1.77 bits per heavy atom. The Bertz CT molecular complexity index is 2500. The van der Waals surface area contributed by atoms with E-state index in [1.54, 1.807) is 13.2 Å². The van der Waals surface area contributed by atoms with Crippen LogP contribution < -0.4 is 30.9 Å². The number of aliphatic hydroxyl groups is 1. The molecule has 2 amide bonds. The molecule has 15 nitrogen and oxygen atoms in total. The minimum absolute atomic E-state index is 0.0152. The number of aryl methyl sites for hydroxylation is 2. The number of nitrogens with one attached hydrogen (secondary N) is 2. The van der Waals surface area contributed by atoms with E-state index in [9.17, 15) is 19.5 Å². The van der Waals surface area contributed by atoms with Crippen molar-refractivity contribution in [2.45, 2.75) is 110 Å². The van der Waals surface area contributed by atoms with E-state index >= 15 is 0 Å². The molecule has 4 aromatic rings. The topological polar surface area (TPSA) is 147 Å². The van der Waals surface area contributed by atoms with E-state index in [2.05, 4.69) is 87.4 Å². The number of piperidine rings is 2. The van der Waals surface area contributed by atoms with Gasteiger partial charge in [-0.05, 0) is 113 Å². The Morgan fingerprint density at radius 1 is 0.953 bits per heavy atom. The highest BCUT2D eigenvalue weighted by molar-refractivity contribution is 6.02. The Balaban J connectivity index is 0.907. The minimum atomic E-state index is -0.405. The lowest BCUT2D eigenvalue weighted by Crippen LogP contribution is -2.60. The maximum atomic E-state index is 14.1. The normalized spacial score (nSPS) is 24.7. The number of aliphatic hydroxyl groups excluding tert-OH is 1. The summed E-state index contributed by atoms with van der Waals surface area (Å²) in [6.07, 6.45) is 10.6. The van der Waals surface area contributed by atoms with Gasteiger partial charge in [0.1, 0.15) is 11.5 Å². The second kappa shape index (κ2) is 17.4. The average Bonchev–Trinajstić information content (AvgIpc) is 3.77. The van der Waals surface area contributed by atoms with Crippen LogP contribution in [-0.2, 0) is 31.2 Å². The number of anilines is 6. The number of pyridine rings is 1. The van der Waals surface area contributed by atoms with Gasteiger partial charge in [-0.2, -0.15) is 0 Å². The van der Waals surface area contributed by atoms with Gasteiger partial charge in [0, 0.05) is 106 Å². The van der Waals surface area contributed by atoms with Crippen LogP contribution in [0.5, 0.6) is 0 Å². The fraction of sp³-hybridized carbons (Fsp3) is 0.531. The van der Waals surface area contributed by atoms with E-state index in [0.29, 0.717) is 42.4 Å². The molecule has 64 heavy (non-hydrogen) atoms. The smallest absolute Gasteiger partial charge is 0.293 e. The highest BCUT2D eigenvalue weighted by Crippen LogP contribution is 2.40. The van der Waals surface area contributed by atoms with Gasteiger partial charge in [-0.25, -0.2) is 4.98 Å². The van der Waals surface area contributed by atoms with E-state index in [1.807, 2.05) is 41.1 Å². The average molecular weight is 872 g/mol. The molecule has 3 unspecified atom stereocenters. The van der Waals surface area contributed by atoms with Crippen LogP contribution in [-0.4, -0.2) is 122 Å². The molecule has 1 aliphatic carbocycles. The molecule has 3 fully saturated rings. The van der Waals surface area contributed by atoms with Crippen LogP contribution >= 0.6 is 0 Å². The standard InChI is InChI=1S/C49H65N11O4/c1-8-45(62)52-38-25-35(11-12-39(38)57-19-18-55(28-33(57)4)36-14-17-56(32(3)23-36)37-13-15-50-31(2)22-37)51-46-48(64)54(7)29-44(53-46)59-16-9-10-40(43(59)30-61)60-21-20-58-41(47(60)63)24-34-26-49(5,6)27-42(34)58/h8,11-13,15,22,24-25,29,32-33,36,40,43,61H,1,9-10,14,16-21,23,26-28,30H2,2-7H3,(H,51,53)(H,52,62)/t32-,33-,36?,40?,43?/m0/s1. The van der Waals surface area contributed by atoms with Gasteiger partial charge in [-0.15, -0.1) is 0 Å². The number of carbonyl (C=O) groups is 2. The molecule has 340 valence electrons. The first-order chi connectivity index (χ1) is 30.7. The first-order valence-electron chi connectivity index (χ1n) is 23.2. The third-order valence-corrected chi connectivity index (χ3v) is 14.6. The van der Waals surface area contributed by atoms with Gasteiger partial charge in [0.15, 0.2) is 5.82 Å². The summed E-state index contributed by atoms with van der Waals surface area (Å²) in [5.74, 6) is 0.354. The van der Waals surface area contributed by atoms with Gasteiger partial charge in [0.2, 0.25) is 5.91 Å². The number of fused-ring (bicyclic) bond motifs is 3. The summed E-state index contributed by atoms with van der Waals surface area (Å²) >= 11 is 0. The lowest BCUT2D eigenvalue weighted by Gasteiger charge is -2.48. The van der Waals surface area contributed by atoms with E-state index in [4.69, 9.17) is 4.98 Å². The van der Waals surface area contributed by atoms with Crippen molar-refractivity contribution in [1.29, 1.82) is 0 Å². The van der Waals surface area contributed by atoms with Crippen LogP contribution in [0.4, 0.5) is 34.4 Å². The predicted molar refractivity (Wildman–Crippen MR) is 253 cm³/mol. The number of hydrogen-bond acceptors (Lipinski definition) is 11. The van der Waals surface area contributed by atoms with Crippen LogP contribution in [0.25, 0.3) is 0 Å². The van der Waals surface area contributed by atoms with Crippen LogP contribution in [0.2, 0.25) is 0 Å². The molecule has 0 spiro atoms. The molecule has 3 aromatic heterocycles. The molecule has 3 saturated heterocycles. The zero-order valence-corrected chi connectivity index (χ0v) is 38.4. The number of nitrogens with zero attached hydrogens (tertiary/aromatic N) is 9. The molecule has 0 radical (unpaired) electrons. The zero-order valence-electron chi connectivity index (χ0n) is 38.4. The van der Waals surface area contributed by atoms with Crippen molar-refractivity contribution < 1.29 is 14.7 Å². The van der Waals surface area contributed by atoms with E-state index < -0.39 is 6.04 Å².